The molecule has 0 saturated carbocycles. The van der Waals surface area contributed by atoms with Crippen molar-refractivity contribution in [3.63, 3.8) is 0 Å². The number of fused-ring (bicyclic) bond motifs is 1. The van der Waals surface area contributed by atoms with Crippen LogP contribution in [0.1, 0.15) is 21.5 Å². The molecule has 1 amide bonds. The summed E-state index contributed by atoms with van der Waals surface area (Å²) >= 11 is 1.58. The first-order valence-corrected chi connectivity index (χ1v) is 8.21. The minimum absolute atomic E-state index is 0.0451. The van der Waals surface area contributed by atoms with Gasteiger partial charge in [-0.1, -0.05) is 24.3 Å². The van der Waals surface area contributed by atoms with Gasteiger partial charge >= 0.3 is 5.97 Å². The van der Waals surface area contributed by atoms with Crippen LogP contribution in [0.5, 0.6) is 0 Å². The number of benzene rings is 2. The molecule has 3 rings (SSSR count). The van der Waals surface area contributed by atoms with Gasteiger partial charge in [0.15, 0.2) is 0 Å². The lowest BCUT2D eigenvalue weighted by Crippen LogP contribution is -2.25. The molecule has 1 aliphatic heterocycles. The average Bonchev–Trinajstić information content (AvgIpc) is 3.00. The predicted octanol–water partition coefficient (Wildman–Crippen LogP) is 3.44. The SMILES string of the molecule is COC(=O)c1cccc(NC(=O)C2Cc3ccccc3S2)c1C. The first-order valence-electron chi connectivity index (χ1n) is 7.33. The van der Waals surface area contributed by atoms with E-state index in [4.69, 9.17) is 4.74 Å². The lowest BCUT2D eigenvalue weighted by atomic mass is 10.1. The number of methoxy groups -OCH3 is 1. The van der Waals surface area contributed by atoms with Gasteiger partial charge in [0, 0.05) is 10.6 Å². The Morgan fingerprint density at radius 1 is 1.17 bits per heavy atom. The van der Waals surface area contributed by atoms with Crippen LogP contribution in [-0.2, 0) is 16.0 Å². The second kappa shape index (κ2) is 6.46. The van der Waals surface area contributed by atoms with Gasteiger partial charge in [-0.3, -0.25) is 4.79 Å². The van der Waals surface area contributed by atoms with E-state index < -0.39 is 5.97 Å². The Balaban J connectivity index is 1.76. The number of carbonyl (C=O) groups excluding carboxylic acids is 2. The molecule has 5 heteroatoms. The molecule has 1 atom stereocenters. The molecule has 0 bridgehead atoms. The lowest BCUT2D eigenvalue weighted by molar-refractivity contribution is -0.115. The van der Waals surface area contributed by atoms with Crippen LogP contribution in [-0.4, -0.2) is 24.2 Å². The Hall–Kier alpha value is -2.27. The number of esters is 1. The van der Waals surface area contributed by atoms with E-state index in [9.17, 15) is 9.59 Å². The highest BCUT2D eigenvalue weighted by Gasteiger charge is 2.28. The zero-order valence-electron chi connectivity index (χ0n) is 13.0. The summed E-state index contributed by atoms with van der Waals surface area (Å²) in [6.07, 6.45) is 0.725. The van der Waals surface area contributed by atoms with Gasteiger partial charge in [-0.05, 0) is 42.7 Å². The standard InChI is InChI=1S/C18H17NO3S/c1-11-13(18(21)22-2)7-5-8-14(11)19-17(20)16-10-12-6-3-4-9-15(12)23-16/h3-9,16H,10H2,1-2H3,(H,19,20). The van der Waals surface area contributed by atoms with Crippen LogP contribution in [0.2, 0.25) is 0 Å². The van der Waals surface area contributed by atoms with Crippen molar-refractivity contribution in [3.05, 3.63) is 59.2 Å². The fraction of sp³-hybridized carbons (Fsp3) is 0.222. The highest BCUT2D eigenvalue weighted by molar-refractivity contribution is 8.01. The van der Waals surface area contributed by atoms with Crippen molar-refractivity contribution in [3.8, 4) is 0 Å². The normalized spacial score (nSPS) is 15.8. The molecule has 4 nitrogen and oxygen atoms in total. The zero-order chi connectivity index (χ0) is 16.4. The topological polar surface area (TPSA) is 55.4 Å². The predicted molar refractivity (Wildman–Crippen MR) is 90.9 cm³/mol. The van der Waals surface area contributed by atoms with Gasteiger partial charge in [0.1, 0.15) is 0 Å². The number of rotatable bonds is 3. The largest absolute Gasteiger partial charge is 0.465 e. The van der Waals surface area contributed by atoms with Gasteiger partial charge in [0.2, 0.25) is 5.91 Å². The van der Waals surface area contributed by atoms with Crippen molar-refractivity contribution >= 4 is 29.3 Å². The summed E-state index contributed by atoms with van der Waals surface area (Å²) in [6, 6.07) is 13.3. The Labute approximate surface area is 139 Å². The summed E-state index contributed by atoms with van der Waals surface area (Å²) in [7, 11) is 1.35. The van der Waals surface area contributed by atoms with Crippen LogP contribution in [0.3, 0.4) is 0 Å². The van der Waals surface area contributed by atoms with Crippen molar-refractivity contribution in [1.82, 2.24) is 0 Å². The maximum Gasteiger partial charge on any atom is 0.338 e. The van der Waals surface area contributed by atoms with Crippen LogP contribution in [0.4, 0.5) is 5.69 Å². The Morgan fingerprint density at radius 2 is 1.96 bits per heavy atom. The molecule has 0 aromatic heterocycles. The highest BCUT2D eigenvalue weighted by atomic mass is 32.2. The summed E-state index contributed by atoms with van der Waals surface area (Å²) < 4.78 is 4.76. The maximum atomic E-state index is 12.5. The summed E-state index contributed by atoms with van der Waals surface area (Å²) in [5.41, 5.74) is 3.04. The first-order chi connectivity index (χ1) is 11.1. The third-order valence-corrected chi connectivity index (χ3v) is 5.25. The van der Waals surface area contributed by atoms with Gasteiger partial charge in [-0.25, -0.2) is 4.79 Å². The molecule has 1 unspecified atom stereocenters. The number of anilines is 1. The molecule has 1 N–H and O–H groups in total. The number of thioether (sulfide) groups is 1. The van der Waals surface area contributed by atoms with E-state index in [1.165, 1.54) is 12.7 Å². The molecule has 0 fully saturated rings. The Morgan fingerprint density at radius 3 is 2.70 bits per heavy atom. The minimum atomic E-state index is -0.402. The van der Waals surface area contributed by atoms with Crippen molar-refractivity contribution in [1.29, 1.82) is 0 Å². The van der Waals surface area contributed by atoms with Crippen LogP contribution in [0.25, 0.3) is 0 Å². The fourth-order valence-corrected chi connectivity index (χ4v) is 3.84. The van der Waals surface area contributed by atoms with Crippen molar-refractivity contribution in [2.45, 2.75) is 23.5 Å². The number of hydrogen-bond donors (Lipinski definition) is 1. The van der Waals surface area contributed by atoms with E-state index in [0.717, 1.165) is 11.3 Å². The van der Waals surface area contributed by atoms with Crippen LogP contribution in [0, 0.1) is 6.92 Å². The van der Waals surface area contributed by atoms with E-state index in [-0.39, 0.29) is 11.2 Å². The summed E-state index contributed by atoms with van der Waals surface area (Å²) in [5, 5.41) is 2.79. The van der Waals surface area contributed by atoms with E-state index in [1.807, 2.05) is 18.2 Å². The second-order valence-corrected chi connectivity index (χ2v) is 6.62. The number of amides is 1. The maximum absolute atomic E-state index is 12.5. The van der Waals surface area contributed by atoms with Gasteiger partial charge in [-0.15, -0.1) is 11.8 Å². The number of nitrogens with one attached hydrogen (secondary N) is 1. The van der Waals surface area contributed by atoms with Gasteiger partial charge in [0.05, 0.1) is 17.9 Å². The summed E-state index contributed by atoms with van der Waals surface area (Å²) in [5.74, 6) is -0.447. The molecule has 23 heavy (non-hydrogen) atoms. The summed E-state index contributed by atoms with van der Waals surface area (Å²) in [4.78, 5) is 25.4. The van der Waals surface area contributed by atoms with Crippen molar-refractivity contribution in [2.24, 2.45) is 0 Å². The van der Waals surface area contributed by atoms with E-state index >= 15 is 0 Å². The fourth-order valence-electron chi connectivity index (χ4n) is 2.64. The molecule has 1 aliphatic rings. The Bertz CT molecular complexity index is 748. The van der Waals surface area contributed by atoms with Crippen LogP contribution < -0.4 is 5.32 Å². The molecule has 0 saturated heterocycles. The quantitative estimate of drug-likeness (QED) is 0.878. The van der Waals surface area contributed by atoms with Crippen molar-refractivity contribution in [2.75, 3.05) is 12.4 Å². The molecule has 0 spiro atoms. The third kappa shape index (κ3) is 3.10. The highest BCUT2D eigenvalue weighted by Crippen LogP contribution is 2.37. The van der Waals surface area contributed by atoms with Gasteiger partial charge in [-0.2, -0.15) is 0 Å². The first kappa shape index (κ1) is 15.6. The average molecular weight is 327 g/mol. The van der Waals surface area contributed by atoms with Crippen LogP contribution in [0.15, 0.2) is 47.4 Å². The second-order valence-electron chi connectivity index (χ2n) is 5.38. The molecule has 0 radical (unpaired) electrons. The zero-order valence-corrected chi connectivity index (χ0v) is 13.8. The number of hydrogen-bond acceptors (Lipinski definition) is 4. The van der Waals surface area contributed by atoms with Crippen molar-refractivity contribution < 1.29 is 14.3 Å². The molecular weight excluding hydrogens is 310 g/mol. The lowest BCUT2D eigenvalue weighted by Gasteiger charge is -2.14. The monoisotopic (exact) mass is 327 g/mol. The molecular formula is C18H17NO3S. The summed E-state index contributed by atoms with van der Waals surface area (Å²) in [6.45, 7) is 1.80. The van der Waals surface area contributed by atoms with Gasteiger partial charge < -0.3 is 10.1 Å². The van der Waals surface area contributed by atoms with E-state index in [1.54, 1.807) is 36.9 Å². The molecule has 2 aromatic carbocycles. The molecule has 0 aliphatic carbocycles. The Kier molecular flexibility index (Phi) is 4.39. The minimum Gasteiger partial charge on any atom is -0.465 e. The van der Waals surface area contributed by atoms with E-state index in [2.05, 4.69) is 11.4 Å². The third-order valence-electron chi connectivity index (χ3n) is 3.94. The van der Waals surface area contributed by atoms with Gasteiger partial charge in [0.25, 0.3) is 0 Å². The van der Waals surface area contributed by atoms with Crippen LogP contribution >= 0.6 is 11.8 Å². The number of ether oxygens (including phenoxy) is 1. The smallest absolute Gasteiger partial charge is 0.338 e. The molecule has 118 valence electrons. The van der Waals surface area contributed by atoms with E-state index in [0.29, 0.717) is 16.8 Å². The molecule has 2 aromatic rings. The number of carbonyl (C=O) groups is 2. The molecule has 1 heterocycles.